The standard InChI is InChI=1S/C9H4Cl2FN/c1-5(10)6-2-3-8(11)7(4-13)9(6)12/h2-3H,1H2. The third kappa shape index (κ3) is 1.82. The van der Waals surface area contributed by atoms with Gasteiger partial charge in [-0.2, -0.15) is 5.26 Å². The van der Waals surface area contributed by atoms with E-state index in [4.69, 9.17) is 28.5 Å². The van der Waals surface area contributed by atoms with Crippen LogP contribution in [0.2, 0.25) is 5.02 Å². The van der Waals surface area contributed by atoms with Crippen molar-refractivity contribution in [3.05, 3.63) is 40.7 Å². The van der Waals surface area contributed by atoms with Gasteiger partial charge in [-0.1, -0.05) is 29.8 Å². The fourth-order valence-electron chi connectivity index (χ4n) is 0.864. The van der Waals surface area contributed by atoms with E-state index in [0.29, 0.717) is 0 Å². The first-order chi connectivity index (χ1) is 6.07. The van der Waals surface area contributed by atoms with E-state index in [1.54, 1.807) is 6.07 Å². The molecule has 0 unspecified atom stereocenters. The second-order valence-corrected chi connectivity index (χ2v) is 3.16. The third-order valence-electron chi connectivity index (χ3n) is 1.50. The number of nitrogens with zero attached hydrogens (tertiary/aromatic N) is 1. The second kappa shape index (κ2) is 3.78. The summed E-state index contributed by atoms with van der Waals surface area (Å²) in [5, 5.41) is 8.68. The van der Waals surface area contributed by atoms with Gasteiger partial charge in [-0.15, -0.1) is 0 Å². The van der Waals surface area contributed by atoms with E-state index in [-0.39, 0.29) is 21.2 Å². The average molecular weight is 216 g/mol. The van der Waals surface area contributed by atoms with Gasteiger partial charge in [0.25, 0.3) is 0 Å². The quantitative estimate of drug-likeness (QED) is 0.703. The highest BCUT2D eigenvalue weighted by atomic mass is 35.5. The zero-order valence-electron chi connectivity index (χ0n) is 6.44. The molecule has 0 aromatic heterocycles. The van der Waals surface area contributed by atoms with Crippen molar-refractivity contribution in [1.29, 1.82) is 5.26 Å². The van der Waals surface area contributed by atoms with Gasteiger partial charge in [-0.25, -0.2) is 4.39 Å². The maximum absolute atomic E-state index is 13.3. The van der Waals surface area contributed by atoms with Crippen LogP contribution in [0, 0.1) is 17.1 Å². The highest BCUT2D eigenvalue weighted by Crippen LogP contribution is 2.26. The molecule has 0 fully saturated rings. The van der Waals surface area contributed by atoms with Crippen molar-refractivity contribution in [3.63, 3.8) is 0 Å². The normalized spacial score (nSPS) is 9.38. The van der Waals surface area contributed by atoms with Crippen LogP contribution in [-0.2, 0) is 0 Å². The molecular formula is C9H4Cl2FN. The molecule has 66 valence electrons. The highest BCUT2D eigenvalue weighted by molar-refractivity contribution is 6.48. The number of benzene rings is 1. The Kier molecular flexibility index (Phi) is 2.92. The Labute approximate surface area is 85.0 Å². The molecule has 0 atom stereocenters. The smallest absolute Gasteiger partial charge is 0.151 e. The summed E-state index contributed by atoms with van der Waals surface area (Å²) in [6, 6.07) is 4.44. The monoisotopic (exact) mass is 215 g/mol. The Hall–Kier alpha value is -1.04. The van der Waals surface area contributed by atoms with Crippen LogP contribution in [0.4, 0.5) is 4.39 Å². The molecule has 1 aromatic rings. The molecule has 1 rings (SSSR count). The van der Waals surface area contributed by atoms with E-state index in [2.05, 4.69) is 6.58 Å². The van der Waals surface area contributed by atoms with Gasteiger partial charge in [-0.3, -0.25) is 0 Å². The van der Waals surface area contributed by atoms with E-state index in [1.165, 1.54) is 12.1 Å². The molecule has 0 radical (unpaired) electrons. The van der Waals surface area contributed by atoms with Gasteiger partial charge in [0.15, 0.2) is 5.82 Å². The fraction of sp³-hybridized carbons (Fsp3) is 0. The third-order valence-corrected chi connectivity index (χ3v) is 2.01. The van der Waals surface area contributed by atoms with Gasteiger partial charge in [0.1, 0.15) is 11.6 Å². The molecule has 0 heterocycles. The molecule has 4 heteroatoms. The zero-order valence-corrected chi connectivity index (χ0v) is 7.95. The minimum atomic E-state index is -0.727. The predicted molar refractivity (Wildman–Crippen MR) is 51.0 cm³/mol. The van der Waals surface area contributed by atoms with Crippen LogP contribution >= 0.6 is 23.2 Å². The first-order valence-corrected chi connectivity index (χ1v) is 4.06. The SMILES string of the molecule is C=C(Cl)c1ccc(Cl)c(C#N)c1F. The topological polar surface area (TPSA) is 23.8 Å². The van der Waals surface area contributed by atoms with Crippen molar-refractivity contribution in [1.82, 2.24) is 0 Å². The average Bonchev–Trinajstić information content (AvgIpc) is 2.04. The van der Waals surface area contributed by atoms with Crippen LogP contribution in [0.3, 0.4) is 0 Å². The molecule has 0 saturated heterocycles. The van der Waals surface area contributed by atoms with E-state index >= 15 is 0 Å². The van der Waals surface area contributed by atoms with E-state index in [0.717, 1.165) is 0 Å². The van der Waals surface area contributed by atoms with Crippen LogP contribution in [0.5, 0.6) is 0 Å². The molecular weight excluding hydrogens is 212 g/mol. The summed E-state index contributed by atoms with van der Waals surface area (Å²) in [5.74, 6) is -0.727. The lowest BCUT2D eigenvalue weighted by Gasteiger charge is -2.02. The molecule has 1 aromatic carbocycles. The Morgan fingerprint density at radius 1 is 1.54 bits per heavy atom. The highest BCUT2D eigenvalue weighted by Gasteiger charge is 2.12. The predicted octanol–water partition coefficient (Wildman–Crippen LogP) is 3.56. The van der Waals surface area contributed by atoms with Crippen LogP contribution in [0.25, 0.3) is 5.03 Å². The summed E-state index contributed by atoms with van der Waals surface area (Å²) in [6.45, 7) is 3.36. The number of nitriles is 1. The van der Waals surface area contributed by atoms with E-state index < -0.39 is 5.82 Å². The lowest BCUT2D eigenvalue weighted by Crippen LogP contribution is -1.91. The van der Waals surface area contributed by atoms with Crippen LogP contribution in [0.1, 0.15) is 11.1 Å². The minimum absolute atomic E-state index is 0.0469. The fourth-order valence-corrected chi connectivity index (χ4v) is 1.20. The first kappa shape index (κ1) is 10.0. The summed E-state index contributed by atoms with van der Waals surface area (Å²) in [7, 11) is 0. The lowest BCUT2D eigenvalue weighted by atomic mass is 10.1. The van der Waals surface area contributed by atoms with E-state index in [9.17, 15) is 4.39 Å². The molecule has 0 bridgehead atoms. The molecule has 1 nitrogen and oxygen atoms in total. The summed E-state index contributed by atoms with van der Waals surface area (Å²) in [5.41, 5.74) is -0.108. The Morgan fingerprint density at radius 2 is 2.15 bits per heavy atom. The van der Waals surface area contributed by atoms with Gasteiger partial charge in [-0.05, 0) is 12.1 Å². The Morgan fingerprint density at radius 3 is 2.62 bits per heavy atom. The summed E-state index contributed by atoms with van der Waals surface area (Å²) < 4.78 is 13.3. The second-order valence-electron chi connectivity index (χ2n) is 2.30. The number of rotatable bonds is 1. The zero-order chi connectivity index (χ0) is 10.0. The van der Waals surface area contributed by atoms with Crippen LogP contribution in [0.15, 0.2) is 18.7 Å². The van der Waals surface area contributed by atoms with Crippen LogP contribution in [-0.4, -0.2) is 0 Å². The van der Waals surface area contributed by atoms with Gasteiger partial charge >= 0.3 is 0 Å². The molecule has 0 saturated carbocycles. The van der Waals surface area contributed by atoms with Crippen molar-refractivity contribution in [2.75, 3.05) is 0 Å². The van der Waals surface area contributed by atoms with Crippen molar-refractivity contribution < 1.29 is 4.39 Å². The molecule has 13 heavy (non-hydrogen) atoms. The maximum atomic E-state index is 13.3. The van der Waals surface area contributed by atoms with Gasteiger partial charge in [0.2, 0.25) is 0 Å². The minimum Gasteiger partial charge on any atom is -0.205 e. The molecule has 0 aliphatic heterocycles. The molecule has 0 spiro atoms. The van der Waals surface area contributed by atoms with E-state index in [1.807, 2.05) is 0 Å². The maximum Gasteiger partial charge on any atom is 0.151 e. The molecule has 0 aliphatic rings. The van der Waals surface area contributed by atoms with Gasteiger partial charge in [0.05, 0.1) is 5.02 Å². The molecule has 0 amide bonds. The first-order valence-electron chi connectivity index (χ1n) is 3.30. The van der Waals surface area contributed by atoms with Crippen molar-refractivity contribution in [2.45, 2.75) is 0 Å². The molecule has 0 N–H and O–H groups in total. The largest absolute Gasteiger partial charge is 0.205 e. The Bertz CT molecular complexity index is 407. The molecule has 0 aliphatic carbocycles. The van der Waals surface area contributed by atoms with Gasteiger partial charge in [0, 0.05) is 10.6 Å². The van der Waals surface area contributed by atoms with Gasteiger partial charge < -0.3 is 0 Å². The van der Waals surface area contributed by atoms with Crippen molar-refractivity contribution in [2.24, 2.45) is 0 Å². The Balaban J connectivity index is 3.47. The van der Waals surface area contributed by atoms with Crippen molar-refractivity contribution >= 4 is 28.2 Å². The summed E-state index contributed by atoms with van der Waals surface area (Å²) in [4.78, 5) is 0. The summed E-state index contributed by atoms with van der Waals surface area (Å²) >= 11 is 11.1. The number of hydrogen-bond acceptors (Lipinski definition) is 1. The van der Waals surface area contributed by atoms with Crippen LogP contribution < -0.4 is 0 Å². The number of hydrogen-bond donors (Lipinski definition) is 0. The summed E-state index contributed by atoms with van der Waals surface area (Å²) in [6.07, 6.45) is 0. The van der Waals surface area contributed by atoms with Crippen molar-refractivity contribution in [3.8, 4) is 6.07 Å². The number of halogens is 3. The lowest BCUT2D eigenvalue weighted by molar-refractivity contribution is 0.621.